The predicted molar refractivity (Wildman–Crippen MR) is 105 cm³/mol. The average Bonchev–Trinajstić information content (AvgIpc) is 2.65. The molecule has 0 N–H and O–H groups in total. The molecule has 0 bridgehead atoms. The van der Waals surface area contributed by atoms with E-state index in [1.54, 1.807) is 16.7 Å². The normalized spacial score (nSPS) is 35.0. The molecule has 138 valence electrons. The molecule has 1 aromatic rings. The predicted octanol–water partition coefficient (Wildman–Crippen LogP) is 6.29. The van der Waals surface area contributed by atoms with Crippen molar-refractivity contribution < 1.29 is 4.74 Å². The number of benzene rings is 1. The van der Waals surface area contributed by atoms with Crippen LogP contribution in [0.1, 0.15) is 87.8 Å². The molecule has 0 amide bonds. The third-order valence-corrected chi connectivity index (χ3v) is 7.30. The number of ether oxygens (including phenoxy) is 1. The standard InChI is InChI=1S/C24H36O/c1-3-12-25-24-11-10-22-15-21(8-9-23(22)16-24)20-7-6-18-13-17(2)4-5-19(18)14-20/h6-7,14,17,21-24H,3-5,8-13,15-16H2,1-2H3. The largest absolute Gasteiger partial charge is 0.378 e. The van der Waals surface area contributed by atoms with Gasteiger partial charge in [0.15, 0.2) is 0 Å². The van der Waals surface area contributed by atoms with Crippen molar-refractivity contribution in [1.29, 1.82) is 0 Å². The lowest BCUT2D eigenvalue weighted by Gasteiger charge is -2.42. The SMILES string of the molecule is CCCOC1CCC2CC(c3ccc4c(c3)CCC(C)C4)CCC2C1. The summed E-state index contributed by atoms with van der Waals surface area (Å²) in [5.74, 6) is 3.58. The Bertz CT molecular complexity index is 577. The van der Waals surface area contributed by atoms with E-state index in [1.807, 2.05) is 0 Å². The summed E-state index contributed by atoms with van der Waals surface area (Å²) in [4.78, 5) is 0. The highest BCUT2D eigenvalue weighted by atomic mass is 16.5. The van der Waals surface area contributed by atoms with Crippen molar-refractivity contribution in [2.75, 3.05) is 6.61 Å². The average molecular weight is 341 g/mol. The zero-order valence-corrected chi connectivity index (χ0v) is 16.3. The quantitative estimate of drug-likeness (QED) is 0.626. The zero-order valence-electron chi connectivity index (χ0n) is 16.3. The molecule has 1 nitrogen and oxygen atoms in total. The van der Waals surface area contributed by atoms with Crippen LogP contribution in [-0.4, -0.2) is 12.7 Å². The number of hydrogen-bond donors (Lipinski definition) is 0. The molecule has 0 spiro atoms. The Morgan fingerprint density at radius 2 is 1.80 bits per heavy atom. The van der Waals surface area contributed by atoms with Crippen molar-refractivity contribution in [1.82, 2.24) is 0 Å². The van der Waals surface area contributed by atoms with E-state index in [9.17, 15) is 0 Å². The number of hydrogen-bond acceptors (Lipinski definition) is 1. The summed E-state index contributed by atoms with van der Waals surface area (Å²) < 4.78 is 6.06. The van der Waals surface area contributed by atoms with E-state index in [0.29, 0.717) is 6.10 Å². The second-order valence-electron chi connectivity index (χ2n) is 9.21. The Kier molecular flexibility index (Phi) is 5.50. The van der Waals surface area contributed by atoms with Crippen molar-refractivity contribution in [2.45, 2.75) is 90.1 Å². The molecule has 25 heavy (non-hydrogen) atoms. The first-order valence-electron chi connectivity index (χ1n) is 11.0. The van der Waals surface area contributed by atoms with Crippen molar-refractivity contribution in [3.8, 4) is 0 Å². The molecule has 4 rings (SSSR count). The fraction of sp³-hybridized carbons (Fsp3) is 0.750. The van der Waals surface area contributed by atoms with Gasteiger partial charge >= 0.3 is 0 Å². The van der Waals surface area contributed by atoms with Crippen LogP contribution in [-0.2, 0) is 17.6 Å². The van der Waals surface area contributed by atoms with Crippen LogP contribution in [0.3, 0.4) is 0 Å². The molecule has 2 saturated carbocycles. The van der Waals surface area contributed by atoms with Gasteiger partial charge in [-0.1, -0.05) is 32.0 Å². The van der Waals surface area contributed by atoms with Crippen LogP contribution in [0.2, 0.25) is 0 Å². The van der Waals surface area contributed by atoms with Crippen molar-refractivity contribution in [2.24, 2.45) is 17.8 Å². The van der Waals surface area contributed by atoms with Gasteiger partial charge in [0.25, 0.3) is 0 Å². The summed E-state index contributed by atoms with van der Waals surface area (Å²) in [6.45, 7) is 5.58. The summed E-state index contributed by atoms with van der Waals surface area (Å²) in [6, 6.07) is 7.52. The minimum Gasteiger partial charge on any atom is -0.378 e. The van der Waals surface area contributed by atoms with E-state index in [1.165, 1.54) is 57.8 Å². The lowest BCUT2D eigenvalue weighted by atomic mass is 9.65. The summed E-state index contributed by atoms with van der Waals surface area (Å²) in [6.07, 6.45) is 14.0. The van der Waals surface area contributed by atoms with Gasteiger partial charge in [0.05, 0.1) is 6.10 Å². The van der Waals surface area contributed by atoms with Gasteiger partial charge in [-0.15, -0.1) is 0 Å². The summed E-state index contributed by atoms with van der Waals surface area (Å²) in [7, 11) is 0. The maximum atomic E-state index is 6.06. The van der Waals surface area contributed by atoms with Crippen LogP contribution in [0.4, 0.5) is 0 Å². The van der Waals surface area contributed by atoms with E-state index in [0.717, 1.165) is 36.7 Å². The van der Waals surface area contributed by atoms with E-state index in [-0.39, 0.29) is 0 Å². The maximum Gasteiger partial charge on any atom is 0.0578 e. The van der Waals surface area contributed by atoms with Crippen molar-refractivity contribution in [3.63, 3.8) is 0 Å². The van der Waals surface area contributed by atoms with E-state index in [4.69, 9.17) is 4.74 Å². The minimum absolute atomic E-state index is 0.559. The van der Waals surface area contributed by atoms with E-state index >= 15 is 0 Å². The second kappa shape index (κ2) is 7.82. The van der Waals surface area contributed by atoms with Gasteiger partial charge in [0.2, 0.25) is 0 Å². The molecule has 5 unspecified atom stereocenters. The smallest absolute Gasteiger partial charge is 0.0578 e. The molecule has 0 aromatic heterocycles. The number of fused-ring (bicyclic) bond motifs is 2. The maximum absolute atomic E-state index is 6.06. The molecule has 0 aliphatic heterocycles. The van der Waals surface area contributed by atoms with Gasteiger partial charge in [0.1, 0.15) is 0 Å². The van der Waals surface area contributed by atoms with Crippen molar-refractivity contribution >= 4 is 0 Å². The fourth-order valence-corrected chi connectivity index (χ4v) is 5.80. The molecule has 1 heteroatoms. The molecule has 3 aliphatic rings. The summed E-state index contributed by atoms with van der Waals surface area (Å²) in [5, 5.41) is 0. The third kappa shape index (κ3) is 3.97. The lowest BCUT2D eigenvalue weighted by molar-refractivity contribution is -0.0147. The highest BCUT2D eigenvalue weighted by Crippen LogP contribution is 2.47. The van der Waals surface area contributed by atoms with Gasteiger partial charge < -0.3 is 4.74 Å². The van der Waals surface area contributed by atoms with Crippen LogP contribution < -0.4 is 0 Å². The Morgan fingerprint density at radius 1 is 0.960 bits per heavy atom. The Balaban J connectivity index is 1.38. The summed E-state index contributed by atoms with van der Waals surface area (Å²) in [5.41, 5.74) is 4.94. The monoisotopic (exact) mass is 340 g/mol. The molecule has 0 heterocycles. The van der Waals surface area contributed by atoms with Gasteiger partial charge in [-0.2, -0.15) is 0 Å². The molecular weight excluding hydrogens is 304 g/mol. The van der Waals surface area contributed by atoms with E-state index in [2.05, 4.69) is 32.0 Å². The highest BCUT2D eigenvalue weighted by Gasteiger charge is 2.36. The highest BCUT2D eigenvalue weighted by molar-refractivity contribution is 5.36. The second-order valence-corrected chi connectivity index (χ2v) is 9.21. The first-order valence-corrected chi connectivity index (χ1v) is 11.0. The number of rotatable bonds is 4. The molecule has 0 radical (unpaired) electrons. The lowest BCUT2D eigenvalue weighted by Crippen LogP contribution is -2.34. The van der Waals surface area contributed by atoms with Gasteiger partial charge in [-0.25, -0.2) is 0 Å². The van der Waals surface area contributed by atoms with E-state index < -0.39 is 0 Å². The number of aryl methyl sites for hydroxylation is 1. The Labute approximate surface area is 154 Å². The minimum atomic E-state index is 0.559. The Hall–Kier alpha value is -0.820. The van der Waals surface area contributed by atoms with Crippen LogP contribution in [0, 0.1) is 17.8 Å². The first kappa shape index (κ1) is 17.6. The third-order valence-electron chi connectivity index (χ3n) is 7.30. The van der Waals surface area contributed by atoms with Gasteiger partial charge in [-0.05, 0) is 105 Å². The molecular formula is C24H36O. The van der Waals surface area contributed by atoms with Gasteiger partial charge in [-0.3, -0.25) is 0 Å². The van der Waals surface area contributed by atoms with Crippen LogP contribution in [0.5, 0.6) is 0 Å². The van der Waals surface area contributed by atoms with Crippen LogP contribution in [0.15, 0.2) is 18.2 Å². The summed E-state index contributed by atoms with van der Waals surface area (Å²) >= 11 is 0. The fourth-order valence-electron chi connectivity index (χ4n) is 5.80. The van der Waals surface area contributed by atoms with Crippen LogP contribution >= 0.6 is 0 Å². The zero-order chi connectivity index (χ0) is 17.2. The van der Waals surface area contributed by atoms with Crippen molar-refractivity contribution in [3.05, 3.63) is 34.9 Å². The van der Waals surface area contributed by atoms with Crippen LogP contribution in [0.25, 0.3) is 0 Å². The first-order chi connectivity index (χ1) is 12.2. The molecule has 1 aromatic carbocycles. The molecule has 2 fully saturated rings. The van der Waals surface area contributed by atoms with Gasteiger partial charge in [0, 0.05) is 6.61 Å². The molecule has 0 saturated heterocycles. The Morgan fingerprint density at radius 3 is 2.68 bits per heavy atom. The molecule has 3 aliphatic carbocycles. The topological polar surface area (TPSA) is 9.23 Å². The molecule has 5 atom stereocenters.